The first-order chi connectivity index (χ1) is 13.7. The first-order valence-corrected chi connectivity index (χ1v) is 9.90. The Bertz CT molecular complexity index is 975. The highest BCUT2D eigenvalue weighted by Crippen LogP contribution is 2.32. The summed E-state index contributed by atoms with van der Waals surface area (Å²) in [6.07, 6.45) is -0.498. The van der Waals surface area contributed by atoms with Crippen LogP contribution in [0.25, 0.3) is 10.9 Å². The van der Waals surface area contributed by atoms with Crippen LogP contribution in [0.1, 0.15) is 5.56 Å². The lowest BCUT2D eigenvalue weighted by molar-refractivity contribution is 0.122. The number of carbonyl (C=O) groups excluding carboxylic acids is 1. The summed E-state index contributed by atoms with van der Waals surface area (Å²) >= 11 is 3.58. The van der Waals surface area contributed by atoms with E-state index in [0.717, 1.165) is 53.1 Å². The number of anilines is 2. The molecule has 0 bridgehead atoms. The van der Waals surface area contributed by atoms with E-state index in [-0.39, 0.29) is 6.61 Å². The molecule has 2 aromatic carbocycles. The number of fused-ring (bicyclic) bond motifs is 1. The van der Waals surface area contributed by atoms with Gasteiger partial charge in [0.15, 0.2) is 0 Å². The van der Waals surface area contributed by atoms with Crippen LogP contribution in [0.2, 0.25) is 0 Å². The zero-order valence-electron chi connectivity index (χ0n) is 15.2. The van der Waals surface area contributed by atoms with Crippen LogP contribution < -0.4 is 10.2 Å². The summed E-state index contributed by atoms with van der Waals surface area (Å²) in [7, 11) is 0. The minimum Gasteiger partial charge on any atom is -0.444 e. The van der Waals surface area contributed by atoms with Crippen molar-refractivity contribution in [2.75, 3.05) is 36.5 Å². The van der Waals surface area contributed by atoms with Gasteiger partial charge >= 0.3 is 6.09 Å². The molecule has 1 aromatic heterocycles. The van der Waals surface area contributed by atoms with Gasteiger partial charge in [-0.1, -0.05) is 30.3 Å². The van der Waals surface area contributed by atoms with Gasteiger partial charge in [0.05, 0.1) is 28.9 Å². The molecule has 3 aromatic rings. The number of benzene rings is 2. The second-order valence-corrected chi connectivity index (χ2v) is 7.24. The summed E-state index contributed by atoms with van der Waals surface area (Å²) in [5.74, 6) is 0.936. The van der Waals surface area contributed by atoms with Crippen LogP contribution in [0.15, 0.2) is 59.1 Å². The molecule has 1 fully saturated rings. The summed E-state index contributed by atoms with van der Waals surface area (Å²) in [4.78, 5) is 19.1. The summed E-state index contributed by atoms with van der Waals surface area (Å²) in [5, 5.41) is 3.72. The van der Waals surface area contributed by atoms with Gasteiger partial charge in [0.2, 0.25) is 0 Å². The van der Waals surface area contributed by atoms with Gasteiger partial charge < -0.3 is 14.4 Å². The normalized spacial score (nSPS) is 14.1. The third kappa shape index (κ3) is 4.26. The molecule has 0 radical (unpaired) electrons. The number of hydrogen-bond donors (Lipinski definition) is 1. The van der Waals surface area contributed by atoms with Gasteiger partial charge in [-0.2, -0.15) is 0 Å². The molecule has 1 N–H and O–H groups in total. The average molecular weight is 442 g/mol. The molecule has 1 aliphatic heterocycles. The highest BCUT2D eigenvalue weighted by atomic mass is 79.9. The lowest BCUT2D eigenvalue weighted by atomic mass is 10.2. The highest BCUT2D eigenvalue weighted by molar-refractivity contribution is 9.10. The van der Waals surface area contributed by atoms with E-state index in [2.05, 4.69) is 26.1 Å². The SMILES string of the molecule is O=C(Nc1ccc2nc(N3CCOCC3)ccc2c1Br)OCc1ccccc1. The minimum absolute atomic E-state index is 0.225. The average Bonchev–Trinajstić information content (AvgIpc) is 2.75. The van der Waals surface area contributed by atoms with Crippen LogP contribution in [0.5, 0.6) is 0 Å². The summed E-state index contributed by atoms with van der Waals surface area (Å²) in [5.41, 5.74) is 2.45. The van der Waals surface area contributed by atoms with Gasteiger partial charge in [0.1, 0.15) is 12.4 Å². The number of rotatable bonds is 4. The van der Waals surface area contributed by atoms with E-state index >= 15 is 0 Å². The van der Waals surface area contributed by atoms with Crippen molar-refractivity contribution < 1.29 is 14.3 Å². The Morgan fingerprint density at radius 3 is 2.68 bits per heavy atom. The zero-order chi connectivity index (χ0) is 19.3. The predicted molar refractivity (Wildman–Crippen MR) is 113 cm³/mol. The first kappa shape index (κ1) is 18.7. The van der Waals surface area contributed by atoms with Crippen LogP contribution in [0.4, 0.5) is 16.3 Å². The molecule has 1 amide bonds. The van der Waals surface area contributed by atoms with E-state index in [9.17, 15) is 4.79 Å². The van der Waals surface area contributed by atoms with Crippen molar-refractivity contribution >= 4 is 44.4 Å². The second kappa shape index (κ2) is 8.58. The Morgan fingerprint density at radius 2 is 1.89 bits per heavy atom. The van der Waals surface area contributed by atoms with Crippen molar-refractivity contribution in [3.63, 3.8) is 0 Å². The fraction of sp³-hybridized carbons (Fsp3) is 0.238. The lowest BCUT2D eigenvalue weighted by Gasteiger charge is -2.28. The van der Waals surface area contributed by atoms with Crippen molar-refractivity contribution in [3.8, 4) is 0 Å². The van der Waals surface area contributed by atoms with Crippen LogP contribution in [-0.4, -0.2) is 37.4 Å². The van der Waals surface area contributed by atoms with E-state index in [1.807, 2.05) is 54.6 Å². The molecule has 6 nitrogen and oxygen atoms in total. The van der Waals surface area contributed by atoms with Gasteiger partial charge in [0, 0.05) is 18.5 Å². The number of morpholine rings is 1. The number of nitrogens with one attached hydrogen (secondary N) is 1. The van der Waals surface area contributed by atoms with Crippen LogP contribution >= 0.6 is 15.9 Å². The van der Waals surface area contributed by atoms with Crippen LogP contribution in [0, 0.1) is 0 Å². The predicted octanol–water partition coefficient (Wildman–Crippen LogP) is 4.58. The minimum atomic E-state index is -0.498. The molecule has 7 heteroatoms. The van der Waals surface area contributed by atoms with E-state index in [0.29, 0.717) is 5.69 Å². The number of halogens is 1. The molecule has 1 aliphatic rings. The molecule has 2 heterocycles. The summed E-state index contributed by atoms with van der Waals surface area (Å²) in [6.45, 7) is 3.34. The van der Waals surface area contributed by atoms with Gasteiger partial charge in [0.25, 0.3) is 0 Å². The Labute approximate surface area is 171 Å². The third-order valence-corrected chi connectivity index (χ3v) is 5.43. The van der Waals surface area contributed by atoms with Crippen LogP contribution in [-0.2, 0) is 16.1 Å². The molecule has 144 valence electrons. The first-order valence-electron chi connectivity index (χ1n) is 9.10. The van der Waals surface area contributed by atoms with Crippen molar-refractivity contribution in [1.82, 2.24) is 4.98 Å². The monoisotopic (exact) mass is 441 g/mol. The Kier molecular flexibility index (Phi) is 5.73. The fourth-order valence-electron chi connectivity index (χ4n) is 3.09. The van der Waals surface area contributed by atoms with Gasteiger partial charge in [-0.05, 0) is 45.8 Å². The maximum atomic E-state index is 12.1. The van der Waals surface area contributed by atoms with Crippen molar-refractivity contribution in [2.45, 2.75) is 6.61 Å². The Hall–Kier alpha value is -2.64. The van der Waals surface area contributed by atoms with Gasteiger partial charge in [-0.3, -0.25) is 5.32 Å². The largest absolute Gasteiger partial charge is 0.444 e. The van der Waals surface area contributed by atoms with E-state index in [1.54, 1.807) is 0 Å². The standard InChI is InChI=1S/C21H20BrN3O3/c22-20-16-6-9-19(25-10-12-27-13-11-25)23-17(16)7-8-18(20)24-21(26)28-14-15-4-2-1-3-5-15/h1-9H,10-14H2,(H,24,26). The number of amides is 1. The Morgan fingerprint density at radius 1 is 1.11 bits per heavy atom. The topological polar surface area (TPSA) is 63.7 Å². The quantitative estimate of drug-likeness (QED) is 0.641. The number of pyridine rings is 1. The van der Waals surface area contributed by atoms with Gasteiger partial charge in [-0.25, -0.2) is 9.78 Å². The highest BCUT2D eigenvalue weighted by Gasteiger charge is 2.15. The van der Waals surface area contributed by atoms with E-state index in [4.69, 9.17) is 14.5 Å². The molecule has 0 unspecified atom stereocenters. The van der Waals surface area contributed by atoms with Gasteiger partial charge in [-0.15, -0.1) is 0 Å². The van der Waals surface area contributed by atoms with Crippen molar-refractivity contribution in [2.24, 2.45) is 0 Å². The molecule has 0 spiro atoms. The Balaban J connectivity index is 1.47. The van der Waals surface area contributed by atoms with E-state index in [1.165, 1.54) is 0 Å². The molecular weight excluding hydrogens is 422 g/mol. The number of ether oxygens (including phenoxy) is 2. The number of aromatic nitrogens is 1. The van der Waals surface area contributed by atoms with E-state index < -0.39 is 6.09 Å². The van der Waals surface area contributed by atoms with Crippen molar-refractivity contribution in [3.05, 3.63) is 64.6 Å². The smallest absolute Gasteiger partial charge is 0.411 e. The second-order valence-electron chi connectivity index (χ2n) is 6.45. The zero-order valence-corrected chi connectivity index (χ0v) is 16.8. The molecular formula is C21H20BrN3O3. The van der Waals surface area contributed by atoms with Crippen LogP contribution in [0.3, 0.4) is 0 Å². The summed E-state index contributed by atoms with van der Waals surface area (Å²) in [6, 6.07) is 17.3. The fourth-order valence-corrected chi connectivity index (χ4v) is 3.66. The molecule has 0 atom stereocenters. The summed E-state index contributed by atoms with van der Waals surface area (Å²) < 4.78 is 11.5. The maximum absolute atomic E-state index is 12.1. The molecule has 0 aliphatic carbocycles. The molecule has 4 rings (SSSR count). The number of carbonyl (C=O) groups is 1. The molecule has 28 heavy (non-hydrogen) atoms. The van der Waals surface area contributed by atoms with Crippen molar-refractivity contribution in [1.29, 1.82) is 0 Å². The number of hydrogen-bond acceptors (Lipinski definition) is 5. The molecule has 1 saturated heterocycles. The molecule has 0 saturated carbocycles. The maximum Gasteiger partial charge on any atom is 0.411 e. The number of nitrogens with zero attached hydrogens (tertiary/aromatic N) is 2. The lowest BCUT2D eigenvalue weighted by Crippen LogP contribution is -2.36. The third-order valence-electron chi connectivity index (χ3n) is 4.58.